The molecule has 0 saturated carbocycles. The first kappa shape index (κ1) is 30.2. The van der Waals surface area contributed by atoms with Gasteiger partial charge >= 0.3 is 8.25 Å². The summed E-state index contributed by atoms with van der Waals surface area (Å²) in [5, 5.41) is 0. The largest absolute Gasteiger partial charge is 0.695 e. The molecule has 3 aromatic carbocycles. The number of nitrogen functional groups attached to an aromatic ring is 1. The predicted octanol–water partition coefficient (Wildman–Crippen LogP) is 4.14. The van der Waals surface area contributed by atoms with Gasteiger partial charge < -0.3 is 29.4 Å². The molecule has 7 rings (SSSR count). The lowest BCUT2D eigenvalue weighted by atomic mass is 9.79. The number of nitrogens with zero attached hydrogens (tertiary/aromatic N) is 4. The molecule has 236 valence electrons. The van der Waals surface area contributed by atoms with Crippen LogP contribution in [0.3, 0.4) is 0 Å². The third kappa shape index (κ3) is 4.98. The molecule has 2 aliphatic rings. The third-order valence-electron chi connectivity index (χ3n) is 8.54. The summed E-state index contributed by atoms with van der Waals surface area (Å²) in [6.45, 7) is -0.0492. The van der Waals surface area contributed by atoms with E-state index in [-0.39, 0.29) is 19.0 Å². The Bertz CT molecular complexity index is 1810. The normalized spacial score (nSPS) is 22.7. The summed E-state index contributed by atoms with van der Waals surface area (Å²) in [7, 11) is 0.202. The van der Waals surface area contributed by atoms with Gasteiger partial charge in [-0.1, -0.05) is 54.6 Å². The molecule has 2 unspecified atom stereocenters. The van der Waals surface area contributed by atoms with E-state index in [4.69, 9.17) is 33.9 Å². The zero-order chi connectivity index (χ0) is 31.9. The molecule has 0 aliphatic carbocycles. The highest BCUT2D eigenvalue weighted by Crippen LogP contribution is 2.51. The number of benzene rings is 3. The molecule has 2 saturated heterocycles. The Kier molecular flexibility index (Phi) is 7.89. The van der Waals surface area contributed by atoms with Gasteiger partial charge in [-0.25, -0.2) is 15.0 Å². The van der Waals surface area contributed by atoms with Crippen LogP contribution in [0.1, 0.15) is 22.9 Å². The smallest absolute Gasteiger partial charge is 0.497 e. The average Bonchev–Trinajstić information content (AvgIpc) is 3.76. The Morgan fingerprint density at radius 1 is 0.957 bits per heavy atom. The summed E-state index contributed by atoms with van der Waals surface area (Å²) in [6.07, 6.45) is 0.293. The van der Waals surface area contributed by atoms with Crippen LogP contribution in [0.2, 0.25) is 0 Å². The SMILES string of the molecule is COc1ccc(C(OC[C@@]23CO[C@H](C2O[P+](=O)O)[C@H](n2cnc4c(N)ncnc42)O3)(c2ccccc2)c2ccc(OC)cc2)cc1. The van der Waals surface area contributed by atoms with Crippen LogP contribution >= 0.6 is 8.25 Å². The van der Waals surface area contributed by atoms with Crippen LogP contribution in [0.5, 0.6) is 11.5 Å². The van der Waals surface area contributed by atoms with Gasteiger partial charge in [0.15, 0.2) is 29.4 Å². The molecule has 5 atom stereocenters. The second-order valence-electron chi connectivity index (χ2n) is 11.0. The number of ether oxygens (including phenoxy) is 5. The number of anilines is 1. The molecule has 4 heterocycles. The average molecular weight is 645 g/mol. The Hall–Kier alpha value is -4.49. The van der Waals surface area contributed by atoms with E-state index in [1.54, 1.807) is 18.8 Å². The fraction of sp³-hybridized carbons (Fsp3) is 0.281. The number of hydrogen-bond acceptors (Lipinski definition) is 11. The number of fused-ring (bicyclic) bond motifs is 3. The maximum atomic E-state index is 12.1. The number of hydrogen-bond donors (Lipinski definition) is 2. The van der Waals surface area contributed by atoms with Gasteiger partial charge in [0.05, 0.1) is 33.8 Å². The van der Waals surface area contributed by atoms with E-state index in [0.29, 0.717) is 22.7 Å². The first-order valence-corrected chi connectivity index (χ1v) is 15.6. The van der Waals surface area contributed by atoms with E-state index in [1.807, 2.05) is 78.9 Å². The first-order valence-electron chi connectivity index (χ1n) is 14.4. The van der Waals surface area contributed by atoms with Crippen LogP contribution in [0.25, 0.3) is 11.2 Å². The summed E-state index contributed by atoms with van der Waals surface area (Å²) >= 11 is 0. The van der Waals surface area contributed by atoms with Gasteiger partial charge in [-0.2, -0.15) is 0 Å². The van der Waals surface area contributed by atoms with Crippen molar-refractivity contribution in [1.82, 2.24) is 19.5 Å². The number of imidazole rings is 1. The minimum absolute atomic E-state index is 0.0435. The lowest BCUT2D eigenvalue weighted by Gasteiger charge is -2.39. The molecule has 0 amide bonds. The fourth-order valence-electron chi connectivity index (χ4n) is 6.33. The maximum absolute atomic E-state index is 12.1. The van der Waals surface area contributed by atoms with Crippen molar-refractivity contribution in [2.45, 2.75) is 29.6 Å². The molecule has 3 N–H and O–H groups in total. The molecular formula is C32H31N5O8P+. The van der Waals surface area contributed by atoms with Crippen LogP contribution in [-0.4, -0.2) is 69.7 Å². The summed E-state index contributed by atoms with van der Waals surface area (Å²) in [6, 6.07) is 25.0. The second kappa shape index (κ2) is 12.0. The van der Waals surface area contributed by atoms with Crippen molar-refractivity contribution in [2.75, 3.05) is 33.2 Å². The van der Waals surface area contributed by atoms with E-state index < -0.39 is 37.9 Å². The summed E-state index contributed by atoms with van der Waals surface area (Å²) in [4.78, 5) is 22.7. The molecule has 14 heteroatoms. The summed E-state index contributed by atoms with van der Waals surface area (Å²) < 4.78 is 50.3. The van der Waals surface area contributed by atoms with Gasteiger partial charge in [0.2, 0.25) is 0 Å². The number of aromatic nitrogens is 4. The minimum atomic E-state index is -3.02. The van der Waals surface area contributed by atoms with Crippen molar-refractivity contribution >= 4 is 25.2 Å². The zero-order valence-electron chi connectivity index (χ0n) is 24.9. The van der Waals surface area contributed by atoms with Crippen LogP contribution in [0, 0.1) is 0 Å². The Morgan fingerprint density at radius 2 is 1.59 bits per heavy atom. The summed E-state index contributed by atoms with van der Waals surface area (Å²) in [5.41, 5.74) is 6.83. The molecule has 2 fully saturated rings. The molecule has 2 aliphatic heterocycles. The lowest BCUT2D eigenvalue weighted by Crippen LogP contribution is -2.48. The first-order chi connectivity index (χ1) is 22.4. The van der Waals surface area contributed by atoms with Crippen molar-refractivity contribution < 1.29 is 37.7 Å². The van der Waals surface area contributed by atoms with Gasteiger partial charge in [0, 0.05) is 4.57 Å². The van der Waals surface area contributed by atoms with Crippen molar-refractivity contribution in [3.63, 3.8) is 0 Å². The third-order valence-corrected chi connectivity index (χ3v) is 8.95. The highest BCUT2D eigenvalue weighted by atomic mass is 31.1. The van der Waals surface area contributed by atoms with Crippen LogP contribution in [0.4, 0.5) is 5.82 Å². The molecule has 13 nitrogen and oxygen atoms in total. The van der Waals surface area contributed by atoms with Gasteiger partial charge in [-0.05, 0) is 41.0 Å². The standard InChI is InChI=1S/C32H30N5O8P/c1-40-23-12-8-21(9-13-23)32(20-6-4-3-5-7-20,22-10-14-24(41-2)15-11-22)43-17-31-16-42-26(27(31)45-46(38)39)30(44-31)37-19-36-25-28(33)34-18-35-29(25)37/h3-15,18-19,26-27,30H,16-17H2,1-2H3,(H2-,33,34,35,38,39)/p+1/t26-,27?,30-,31+/m1/s1. The highest BCUT2D eigenvalue weighted by Gasteiger charge is 2.67. The van der Waals surface area contributed by atoms with Crippen LogP contribution in [-0.2, 0) is 28.9 Å². The molecule has 0 radical (unpaired) electrons. The van der Waals surface area contributed by atoms with Crippen molar-refractivity contribution in [3.05, 3.63) is 108 Å². The summed E-state index contributed by atoms with van der Waals surface area (Å²) in [5.74, 6) is 1.58. The van der Waals surface area contributed by atoms with Gasteiger partial charge in [0.1, 0.15) is 35.0 Å². The van der Waals surface area contributed by atoms with Crippen molar-refractivity contribution in [3.8, 4) is 11.5 Å². The van der Waals surface area contributed by atoms with Gasteiger partial charge in [-0.15, -0.1) is 9.42 Å². The van der Waals surface area contributed by atoms with E-state index in [1.165, 1.54) is 12.7 Å². The Balaban J connectivity index is 1.34. The molecular weight excluding hydrogens is 613 g/mol. The number of rotatable bonds is 11. The van der Waals surface area contributed by atoms with E-state index in [9.17, 15) is 9.46 Å². The molecule has 2 bridgehead atoms. The second-order valence-corrected chi connectivity index (χ2v) is 11.7. The molecule has 0 spiro atoms. The monoisotopic (exact) mass is 644 g/mol. The maximum Gasteiger partial charge on any atom is 0.695 e. The Morgan fingerprint density at radius 3 is 2.20 bits per heavy atom. The predicted molar refractivity (Wildman–Crippen MR) is 165 cm³/mol. The van der Waals surface area contributed by atoms with Crippen molar-refractivity contribution in [1.29, 1.82) is 0 Å². The quantitative estimate of drug-likeness (QED) is 0.156. The zero-order valence-corrected chi connectivity index (χ0v) is 25.8. The van der Waals surface area contributed by atoms with Gasteiger partial charge in [-0.3, -0.25) is 4.57 Å². The number of nitrogens with two attached hydrogens (primary N) is 1. The topological polar surface area (TPSA) is 162 Å². The minimum Gasteiger partial charge on any atom is -0.497 e. The van der Waals surface area contributed by atoms with E-state index in [2.05, 4.69) is 15.0 Å². The van der Waals surface area contributed by atoms with Crippen molar-refractivity contribution in [2.24, 2.45) is 0 Å². The fourth-order valence-corrected chi connectivity index (χ4v) is 6.84. The lowest BCUT2D eigenvalue weighted by molar-refractivity contribution is -0.201. The van der Waals surface area contributed by atoms with Gasteiger partial charge in [0.25, 0.3) is 0 Å². The highest BCUT2D eigenvalue weighted by molar-refractivity contribution is 7.32. The van der Waals surface area contributed by atoms with Crippen LogP contribution < -0.4 is 15.2 Å². The molecule has 46 heavy (non-hydrogen) atoms. The van der Waals surface area contributed by atoms with E-state index >= 15 is 0 Å². The van der Waals surface area contributed by atoms with E-state index in [0.717, 1.165) is 16.7 Å². The Labute approximate surface area is 264 Å². The molecule has 5 aromatic rings. The number of methoxy groups -OCH3 is 2. The molecule has 2 aromatic heterocycles. The van der Waals surface area contributed by atoms with Crippen LogP contribution in [0.15, 0.2) is 91.5 Å².